The molecule has 1 heteroatoms. The van der Waals surface area contributed by atoms with E-state index in [2.05, 4.69) is 60.4 Å². The maximum atomic E-state index is 3.47. The second-order valence-electron chi connectivity index (χ2n) is 5.14. The largest absolute Gasteiger partial charge is 0.0936 e. The molecule has 0 spiro atoms. The summed E-state index contributed by atoms with van der Waals surface area (Å²) in [5, 5.41) is 0. The van der Waals surface area contributed by atoms with E-state index in [0.29, 0.717) is 5.92 Å². The molecule has 1 aliphatic carbocycles. The number of thioether (sulfide) groups is 1. The lowest BCUT2D eigenvalue weighted by Crippen LogP contribution is -2.04. The Hall–Kier alpha value is -1.91. The third-order valence-electron chi connectivity index (χ3n) is 3.53. The zero-order valence-corrected chi connectivity index (χ0v) is 12.8. The van der Waals surface area contributed by atoms with Crippen molar-refractivity contribution in [3.8, 4) is 11.8 Å². The molecule has 0 N–H and O–H groups in total. The summed E-state index contributed by atoms with van der Waals surface area (Å²) >= 11 is 1.87. The van der Waals surface area contributed by atoms with E-state index in [1.54, 1.807) is 0 Å². The van der Waals surface area contributed by atoms with Gasteiger partial charge in [0.15, 0.2) is 0 Å². The summed E-state index contributed by atoms with van der Waals surface area (Å²) in [4.78, 5) is 2.72. The smallest absolute Gasteiger partial charge is 0.0516 e. The molecule has 1 unspecified atom stereocenters. The summed E-state index contributed by atoms with van der Waals surface area (Å²) in [6.45, 7) is 0. The highest BCUT2D eigenvalue weighted by Gasteiger charge is 2.16. The van der Waals surface area contributed by atoms with Crippen LogP contribution in [0.4, 0.5) is 0 Å². The average Bonchev–Trinajstić information content (AvgIpc) is 2.56. The Labute approximate surface area is 131 Å². The van der Waals surface area contributed by atoms with Crippen molar-refractivity contribution < 1.29 is 0 Å². The molecule has 0 fully saturated rings. The van der Waals surface area contributed by atoms with Gasteiger partial charge in [-0.2, -0.15) is 0 Å². The first-order valence-corrected chi connectivity index (χ1v) is 8.23. The van der Waals surface area contributed by atoms with E-state index in [4.69, 9.17) is 0 Å². The highest BCUT2D eigenvalue weighted by atomic mass is 32.2. The van der Waals surface area contributed by atoms with Crippen LogP contribution in [0.5, 0.6) is 0 Å². The fourth-order valence-corrected chi connectivity index (χ4v) is 3.51. The maximum Gasteiger partial charge on any atom is 0.0516 e. The minimum Gasteiger partial charge on any atom is -0.0936 e. The minimum absolute atomic E-state index is 0.379. The zero-order valence-electron chi connectivity index (χ0n) is 12.0. The molecule has 0 radical (unpaired) electrons. The van der Waals surface area contributed by atoms with Gasteiger partial charge in [-0.1, -0.05) is 66.1 Å². The Balaban J connectivity index is 1.76. The first-order chi connectivity index (χ1) is 10.4. The number of allylic oxidation sites excluding steroid dienone is 2. The quantitative estimate of drug-likeness (QED) is 0.657. The van der Waals surface area contributed by atoms with Crippen molar-refractivity contribution in [2.24, 2.45) is 5.92 Å². The van der Waals surface area contributed by atoms with Crippen molar-refractivity contribution in [1.82, 2.24) is 0 Å². The van der Waals surface area contributed by atoms with Gasteiger partial charge in [0.05, 0.1) is 5.92 Å². The maximum absolute atomic E-state index is 3.47. The molecule has 0 heterocycles. The molecule has 21 heavy (non-hydrogen) atoms. The van der Waals surface area contributed by atoms with Gasteiger partial charge in [0, 0.05) is 15.4 Å². The molecule has 0 aliphatic heterocycles. The van der Waals surface area contributed by atoms with Crippen LogP contribution in [0.3, 0.4) is 0 Å². The predicted molar refractivity (Wildman–Crippen MR) is 91.0 cm³/mol. The summed E-state index contributed by atoms with van der Waals surface area (Å²) in [6.07, 6.45) is 5.96. The standard InChI is InChI=1S/C20H18S/c1-3-9-17(10-4-1)15-16-18-11-7-8-14-20(18)21-19-12-5-2-6-13-19/h1-6,9-10,12-14,18H,7-8,11H2. The van der Waals surface area contributed by atoms with Gasteiger partial charge in [-0.25, -0.2) is 0 Å². The van der Waals surface area contributed by atoms with Crippen molar-refractivity contribution in [2.45, 2.75) is 24.2 Å². The van der Waals surface area contributed by atoms with Crippen molar-refractivity contribution in [3.63, 3.8) is 0 Å². The molecule has 0 saturated carbocycles. The van der Waals surface area contributed by atoms with E-state index >= 15 is 0 Å². The molecular formula is C20H18S. The van der Waals surface area contributed by atoms with Crippen molar-refractivity contribution >= 4 is 11.8 Å². The molecule has 2 aromatic carbocycles. The Bertz CT molecular complexity index is 659. The Kier molecular flexibility index (Phi) is 4.82. The highest BCUT2D eigenvalue weighted by molar-refractivity contribution is 8.03. The van der Waals surface area contributed by atoms with Gasteiger partial charge in [-0.15, -0.1) is 0 Å². The van der Waals surface area contributed by atoms with Crippen LogP contribution in [0, 0.1) is 17.8 Å². The van der Waals surface area contributed by atoms with Crippen molar-refractivity contribution in [2.75, 3.05) is 0 Å². The van der Waals surface area contributed by atoms with E-state index in [0.717, 1.165) is 5.56 Å². The molecule has 0 bridgehead atoms. The topological polar surface area (TPSA) is 0 Å². The van der Waals surface area contributed by atoms with Crippen LogP contribution < -0.4 is 0 Å². The van der Waals surface area contributed by atoms with Crippen LogP contribution >= 0.6 is 11.8 Å². The SMILES string of the molecule is C(#CC1CCCC=C1Sc1ccccc1)c1ccccc1. The van der Waals surface area contributed by atoms with Gasteiger partial charge in [-0.05, 0) is 43.5 Å². The van der Waals surface area contributed by atoms with Gasteiger partial charge in [0.2, 0.25) is 0 Å². The first-order valence-electron chi connectivity index (χ1n) is 7.41. The van der Waals surface area contributed by atoms with E-state index in [1.807, 2.05) is 30.0 Å². The number of rotatable bonds is 2. The number of benzene rings is 2. The predicted octanol–water partition coefficient (Wildman–Crippen LogP) is 5.51. The molecule has 1 aliphatic rings. The van der Waals surface area contributed by atoms with E-state index in [1.165, 1.54) is 29.1 Å². The van der Waals surface area contributed by atoms with Crippen molar-refractivity contribution in [3.05, 3.63) is 77.2 Å². The molecule has 104 valence electrons. The van der Waals surface area contributed by atoms with Crippen molar-refractivity contribution in [1.29, 1.82) is 0 Å². The summed E-state index contributed by atoms with van der Waals surface area (Å²) in [5.74, 6) is 7.17. The van der Waals surface area contributed by atoms with Crippen LogP contribution in [0.2, 0.25) is 0 Å². The van der Waals surface area contributed by atoms with Gasteiger partial charge < -0.3 is 0 Å². The highest BCUT2D eigenvalue weighted by Crippen LogP contribution is 2.37. The fourth-order valence-electron chi connectivity index (χ4n) is 2.42. The molecule has 0 aromatic heterocycles. The van der Waals surface area contributed by atoms with E-state index < -0.39 is 0 Å². The third kappa shape index (κ3) is 4.03. The number of hydrogen-bond donors (Lipinski definition) is 0. The summed E-state index contributed by atoms with van der Waals surface area (Å²) in [6, 6.07) is 20.8. The van der Waals surface area contributed by atoms with Gasteiger partial charge in [0.1, 0.15) is 0 Å². The molecule has 2 aromatic rings. The van der Waals surface area contributed by atoms with Crippen LogP contribution in [0.1, 0.15) is 24.8 Å². The minimum atomic E-state index is 0.379. The average molecular weight is 290 g/mol. The second-order valence-corrected chi connectivity index (χ2v) is 6.29. The van der Waals surface area contributed by atoms with E-state index in [9.17, 15) is 0 Å². The number of hydrogen-bond acceptors (Lipinski definition) is 1. The van der Waals surface area contributed by atoms with E-state index in [-0.39, 0.29) is 0 Å². The monoisotopic (exact) mass is 290 g/mol. The van der Waals surface area contributed by atoms with Gasteiger partial charge in [0.25, 0.3) is 0 Å². The van der Waals surface area contributed by atoms with Gasteiger partial charge >= 0.3 is 0 Å². The second kappa shape index (κ2) is 7.20. The molecule has 0 amide bonds. The van der Waals surface area contributed by atoms with Crippen LogP contribution in [-0.2, 0) is 0 Å². The lowest BCUT2D eigenvalue weighted by Gasteiger charge is -2.19. The Morgan fingerprint density at radius 2 is 1.62 bits per heavy atom. The lowest BCUT2D eigenvalue weighted by molar-refractivity contribution is 0.637. The Morgan fingerprint density at radius 1 is 0.905 bits per heavy atom. The zero-order chi connectivity index (χ0) is 14.3. The first kappa shape index (κ1) is 14.0. The van der Waals surface area contributed by atoms with Gasteiger partial charge in [-0.3, -0.25) is 0 Å². The molecule has 0 nitrogen and oxygen atoms in total. The molecule has 1 atom stereocenters. The molecule has 3 rings (SSSR count). The summed E-state index contributed by atoms with van der Waals surface area (Å²) in [5.41, 5.74) is 1.10. The normalized spacial score (nSPS) is 17.5. The lowest BCUT2D eigenvalue weighted by atomic mass is 9.96. The fraction of sp³-hybridized carbons (Fsp3) is 0.200. The molecule has 0 saturated heterocycles. The van der Waals surface area contributed by atoms with Crippen LogP contribution in [-0.4, -0.2) is 0 Å². The summed E-state index contributed by atoms with van der Waals surface area (Å²) < 4.78 is 0. The van der Waals surface area contributed by atoms with Crippen LogP contribution in [0.15, 0.2) is 76.5 Å². The molecular weight excluding hydrogens is 272 g/mol. The third-order valence-corrected chi connectivity index (χ3v) is 4.72. The Morgan fingerprint density at radius 3 is 2.38 bits per heavy atom. The summed E-state index contributed by atoms with van der Waals surface area (Å²) in [7, 11) is 0. The van der Waals surface area contributed by atoms with Crippen LogP contribution in [0.25, 0.3) is 0 Å².